The number of carbonyl (C=O) groups is 3. The van der Waals surface area contributed by atoms with Crippen LogP contribution in [0.15, 0.2) is 22.3 Å². The first-order valence-corrected chi connectivity index (χ1v) is 8.49. The largest absolute Gasteiger partial charge is 0.477 e. The standard InChI is InChI=1S/C12H11N5O5S2/c13-12-14-4(3-24-12)6(16-22)8(18)15-7-9(19)17-5(11(20)21)1-2-23-10(7)17/h1,3,7,10,22H,2H2,(H2,13,14)(H,15,18)(H,20,21)/b16-6-/t7-,10+/m1/s1. The number of aliphatic carboxylic acids is 1. The van der Waals surface area contributed by atoms with Crippen molar-refractivity contribution >= 4 is 51.7 Å². The summed E-state index contributed by atoms with van der Waals surface area (Å²) in [5.41, 5.74) is 5.09. The Morgan fingerprint density at radius 2 is 2.25 bits per heavy atom. The van der Waals surface area contributed by atoms with Crippen LogP contribution in [0, 0.1) is 0 Å². The maximum Gasteiger partial charge on any atom is 0.352 e. The average molecular weight is 369 g/mol. The number of hydrogen-bond donors (Lipinski definition) is 4. The van der Waals surface area contributed by atoms with Crippen molar-refractivity contribution in [3.8, 4) is 0 Å². The van der Waals surface area contributed by atoms with Crippen LogP contribution in [0.4, 0.5) is 5.13 Å². The number of nitrogens with one attached hydrogen (secondary N) is 1. The lowest BCUT2D eigenvalue weighted by Crippen LogP contribution is -2.70. The predicted octanol–water partition coefficient (Wildman–Crippen LogP) is -0.728. The van der Waals surface area contributed by atoms with Crippen molar-refractivity contribution < 1.29 is 24.7 Å². The second kappa shape index (κ2) is 6.13. The van der Waals surface area contributed by atoms with E-state index in [2.05, 4.69) is 15.5 Å². The topological polar surface area (TPSA) is 158 Å². The second-order valence-corrected chi connectivity index (χ2v) is 6.84. The molecule has 1 fully saturated rings. The van der Waals surface area contributed by atoms with Crippen molar-refractivity contribution in [3.63, 3.8) is 0 Å². The lowest BCUT2D eigenvalue weighted by molar-refractivity contribution is -0.150. The minimum absolute atomic E-state index is 0.0866. The molecule has 1 aromatic rings. The highest BCUT2D eigenvalue weighted by molar-refractivity contribution is 8.00. The Balaban J connectivity index is 1.73. The number of carboxylic acids is 1. The van der Waals surface area contributed by atoms with Gasteiger partial charge in [-0.2, -0.15) is 0 Å². The lowest BCUT2D eigenvalue weighted by Gasteiger charge is -2.48. The minimum Gasteiger partial charge on any atom is -0.477 e. The summed E-state index contributed by atoms with van der Waals surface area (Å²) in [5.74, 6) is -2.13. The smallest absolute Gasteiger partial charge is 0.352 e. The van der Waals surface area contributed by atoms with Gasteiger partial charge in [0.1, 0.15) is 22.8 Å². The monoisotopic (exact) mass is 369 g/mol. The van der Waals surface area contributed by atoms with Crippen LogP contribution < -0.4 is 11.1 Å². The Kier molecular flexibility index (Phi) is 4.15. The number of anilines is 1. The predicted molar refractivity (Wildman–Crippen MR) is 85.6 cm³/mol. The van der Waals surface area contributed by atoms with Crippen LogP contribution >= 0.6 is 23.1 Å². The highest BCUT2D eigenvalue weighted by atomic mass is 32.2. The molecule has 10 nitrogen and oxygen atoms in total. The maximum absolute atomic E-state index is 12.2. The van der Waals surface area contributed by atoms with Crippen LogP contribution in [0.5, 0.6) is 0 Å². The van der Waals surface area contributed by atoms with Crippen LogP contribution in [0.1, 0.15) is 5.69 Å². The molecule has 3 rings (SSSR count). The zero-order valence-corrected chi connectivity index (χ0v) is 13.5. The first-order valence-electron chi connectivity index (χ1n) is 6.56. The van der Waals surface area contributed by atoms with Gasteiger partial charge < -0.3 is 21.4 Å². The molecular weight excluding hydrogens is 358 g/mol. The fourth-order valence-electron chi connectivity index (χ4n) is 2.36. The number of nitrogens with zero attached hydrogens (tertiary/aromatic N) is 3. The van der Waals surface area contributed by atoms with Gasteiger partial charge in [-0.15, -0.1) is 23.1 Å². The average Bonchev–Trinajstić information content (AvgIpc) is 2.98. The molecule has 0 unspecified atom stereocenters. The van der Waals surface area contributed by atoms with E-state index in [0.29, 0.717) is 5.75 Å². The summed E-state index contributed by atoms with van der Waals surface area (Å²) in [7, 11) is 0. The van der Waals surface area contributed by atoms with Crippen molar-refractivity contribution in [2.75, 3.05) is 11.5 Å². The first-order chi connectivity index (χ1) is 11.4. The van der Waals surface area contributed by atoms with Crippen LogP contribution in [0.2, 0.25) is 0 Å². The molecule has 0 aromatic carbocycles. The number of β-lactam (4-membered cyclic amide) rings is 1. The van der Waals surface area contributed by atoms with E-state index in [9.17, 15) is 14.4 Å². The third-order valence-corrected chi connectivity index (χ3v) is 5.29. The summed E-state index contributed by atoms with van der Waals surface area (Å²) in [5, 5.41) is 24.6. The fraction of sp³-hybridized carbons (Fsp3) is 0.250. The molecule has 2 aliphatic heterocycles. The normalized spacial score (nSPS) is 23.2. The lowest BCUT2D eigenvalue weighted by atomic mass is 10.0. The molecule has 12 heteroatoms. The summed E-state index contributed by atoms with van der Waals surface area (Å²) in [6.45, 7) is 0. The molecule has 0 spiro atoms. The molecule has 1 aromatic heterocycles. The molecule has 0 saturated carbocycles. The number of oxime groups is 1. The second-order valence-electron chi connectivity index (χ2n) is 4.80. The molecule has 3 heterocycles. The fourth-order valence-corrected chi connectivity index (χ4v) is 4.10. The van der Waals surface area contributed by atoms with Crippen molar-refractivity contribution in [1.29, 1.82) is 0 Å². The van der Waals surface area contributed by atoms with E-state index in [1.54, 1.807) is 0 Å². The van der Waals surface area contributed by atoms with E-state index >= 15 is 0 Å². The molecule has 2 aliphatic rings. The summed E-state index contributed by atoms with van der Waals surface area (Å²) < 4.78 is 0. The Hall–Kier alpha value is -2.60. The molecule has 2 atom stereocenters. The van der Waals surface area contributed by atoms with Gasteiger partial charge in [0.05, 0.1) is 0 Å². The van der Waals surface area contributed by atoms with Gasteiger partial charge in [0.25, 0.3) is 11.8 Å². The van der Waals surface area contributed by atoms with Gasteiger partial charge in [-0.05, 0) is 6.08 Å². The Morgan fingerprint density at radius 1 is 1.50 bits per heavy atom. The SMILES string of the molecule is Nc1nc(/C(=N/O)C(=O)N[C@@H]2C(=O)N3C(C(=O)O)=CCS[C@@H]23)cs1. The highest BCUT2D eigenvalue weighted by Gasteiger charge is 2.53. The van der Waals surface area contributed by atoms with Gasteiger partial charge in [0, 0.05) is 11.1 Å². The Bertz CT molecular complexity index is 789. The van der Waals surface area contributed by atoms with Crippen molar-refractivity contribution in [3.05, 3.63) is 22.8 Å². The van der Waals surface area contributed by atoms with Crippen LogP contribution in [0.25, 0.3) is 0 Å². The first kappa shape index (κ1) is 16.3. The molecule has 126 valence electrons. The maximum atomic E-state index is 12.2. The number of rotatable bonds is 4. The molecular formula is C12H11N5O5S2. The minimum atomic E-state index is -1.20. The summed E-state index contributed by atoms with van der Waals surface area (Å²) in [6, 6.07) is -0.904. The number of carbonyl (C=O) groups excluding carboxylic acids is 2. The van der Waals surface area contributed by atoms with E-state index in [4.69, 9.17) is 16.0 Å². The molecule has 0 bridgehead atoms. The van der Waals surface area contributed by atoms with Crippen molar-refractivity contribution in [1.82, 2.24) is 15.2 Å². The van der Waals surface area contributed by atoms with Crippen LogP contribution in [-0.4, -0.2) is 60.9 Å². The quantitative estimate of drug-likeness (QED) is 0.234. The number of thioether (sulfide) groups is 1. The number of nitrogens with two attached hydrogens (primary N) is 1. The van der Waals surface area contributed by atoms with E-state index in [-0.39, 0.29) is 22.2 Å². The molecule has 2 amide bonds. The van der Waals surface area contributed by atoms with Gasteiger partial charge in [0.15, 0.2) is 10.8 Å². The van der Waals surface area contributed by atoms with E-state index < -0.39 is 29.2 Å². The van der Waals surface area contributed by atoms with Gasteiger partial charge in [-0.3, -0.25) is 14.5 Å². The van der Waals surface area contributed by atoms with E-state index in [0.717, 1.165) is 16.2 Å². The van der Waals surface area contributed by atoms with Gasteiger partial charge in [-0.25, -0.2) is 9.78 Å². The number of aromatic nitrogens is 1. The molecule has 0 radical (unpaired) electrons. The van der Waals surface area contributed by atoms with Crippen molar-refractivity contribution in [2.24, 2.45) is 5.16 Å². The zero-order valence-electron chi connectivity index (χ0n) is 11.9. The number of thiazole rings is 1. The molecule has 0 aliphatic carbocycles. The van der Waals surface area contributed by atoms with Gasteiger partial charge >= 0.3 is 5.97 Å². The number of nitrogen functional groups attached to an aromatic ring is 1. The van der Waals surface area contributed by atoms with Crippen LogP contribution in [-0.2, 0) is 14.4 Å². The Morgan fingerprint density at radius 3 is 2.83 bits per heavy atom. The number of amides is 2. The van der Waals surface area contributed by atoms with Crippen molar-refractivity contribution in [2.45, 2.75) is 11.4 Å². The van der Waals surface area contributed by atoms with E-state index in [1.807, 2.05) is 0 Å². The molecule has 1 saturated heterocycles. The summed E-state index contributed by atoms with van der Waals surface area (Å²) >= 11 is 2.39. The van der Waals surface area contributed by atoms with E-state index in [1.165, 1.54) is 23.2 Å². The Labute approximate surface area is 143 Å². The number of hydrogen-bond acceptors (Lipinski definition) is 9. The zero-order chi connectivity index (χ0) is 17.4. The van der Waals surface area contributed by atoms with Gasteiger partial charge in [-0.1, -0.05) is 5.16 Å². The molecule has 24 heavy (non-hydrogen) atoms. The number of fused-ring (bicyclic) bond motifs is 1. The third kappa shape index (κ3) is 2.59. The summed E-state index contributed by atoms with van der Waals surface area (Å²) in [6.07, 6.45) is 1.44. The third-order valence-electron chi connectivity index (χ3n) is 3.43. The summed E-state index contributed by atoms with van der Waals surface area (Å²) in [4.78, 5) is 40.5. The highest BCUT2D eigenvalue weighted by Crippen LogP contribution is 2.37. The van der Waals surface area contributed by atoms with Gasteiger partial charge in [0.2, 0.25) is 0 Å². The number of carboxylic acid groups (broad SMARTS) is 1. The molecule has 5 N–H and O–H groups in total. The van der Waals surface area contributed by atoms with Crippen LogP contribution in [0.3, 0.4) is 0 Å².